The van der Waals surface area contributed by atoms with E-state index >= 15 is 0 Å². The van der Waals surface area contributed by atoms with Crippen LogP contribution in [-0.4, -0.2) is 16.5 Å². The van der Waals surface area contributed by atoms with Gasteiger partial charge in [0.25, 0.3) is 0 Å². The van der Waals surface area contributed by atoms with Gasteiger partial charge in [0.05, 0.1) is 12.8 Å². The Labute approximate surface area is 110 Å². The molecule has 0 aliphatic rings. The maximum absolute atomic E-state index is 5.88. The second-order valence-electron chi connectivity index (χ2n) is 3.94. The van der Waals surface area contributed by atoms with E-state index in [0.717, 1.165) is 27.7 Å². The summed E-state index contributed by atoms with van der Waals surface area (Å²) >= 11 is 5.88. The monoisotopic (exact) mass is 258 g/mol. The highest BCUT2D eigenvalue weighted by molar-refractivity contribution is 6.30. The van der Waals surface area contributed by atoms with Gasteiger partial charge in [-0.3, -0.25) is 0 Å². The van der Waals surface area contributed by atoms with Gasteiger partial charge in [0.15, 0.2) is 11.4 Å². The van der Waals surface area contributed by atoms with Crippen molar-refractivity contribution in [1.29, 1.82) is 0 Å². The number of ether oxygens (including phenoxy) is 1. The van der Waals surface area contributed by atoms with Crippen LogP contribution in [0.15, 0.2) is 48.8 Å². The van der Waals surface area contributed by atoms with Gasteiger partial charge in [0.1, 0.15) is 0 Å². The van der Waals surface area contributed by atoms with Crippen molar-refractivity contribution >= 4 is 17.2 Å². The maximum Gasteiger partial charge on any atom is 0.180 e. The van der Waals surface area contributed by atoms with Crippen LogP contribution in [0.2, 0.25) is 5.02 Å². The van der Waals surface area contributed by atoms with Crippen molar-refractivity contribution < 1.29 is 4.74 Å². The fourth-order valence-electron chi connectivity index (χ4n) is 1.91. The molecule has 0 radical (unpaired) electrons. The number of fused-ring (bicyclic) bond motifs is 1. The molecule has 3 nitrogen and oxygen atoms in total. The number of rotatable bonds is 2. The van der Waals surface area contributed by atoms with Crippen molar-refractivity contribution in [3.63, 3.8) is 0 Å². The molecule has 90 valence electrons. The van der Waals surface area contributed by atoms with Gasteiger partial charge in [0, 0.05) is 23.0 Å². The molecule has 0 aliphatic heterocycles. The van der Waals surface area contributed by atoms with Crippen molar-refractivity contribution in [3.8, 4) is 17.0 Å². The second-order valence-corrected chi connectivity index (χ2v) is 4.38. The summed E-state index contributed by atoms with van der Waals surface area (Å²) in [6.07, 6.45) is 3.92. The van der Waals surface area contributed by atoms with E-state index in [0.29, 0.717) is 0 Å². The van der Waals surface area contributed by atoms with Crippen molar-refractivity contribution in [3.05, 3.63) is 53.8 Å². The van der Waals surface area contributed by atoms with Gasteiger partial charge in [0.2, 0.25) is 0 Å². The van der Waals surface area contributed by atoms with Crippen molar-refractivity contribution in [2.75, 3.05) is 7.11 Å². The second kappa shape index (κ2) is 4.35. The Morgan fingerprint density at radius 2 is 1.94 bits per heavy atom. The average molecular weight is 259 g/mol. The minimum Gasteiger partial charge on any atom is -0.493 e. The van der Waals surface area contributed by atoms with Crippen LogP contribution in [0, 0.1) is 0 Å². The Morgan fingerprint density at radius 1 is 1.17 bits per heavy atom. The van der Waals surface area contributed by atoms with E-state index in [1.54, 1.807) is 7.11 Å². The van der Waals surface area contributed by atoms with Gasteiger partial charge in [-0.1, -0.05) is 23.7 Å². The SMILES string of the molecule is COc1cccn2cc(-c3ccc(Cl)cc3)nc12. The molecule has 2 heterocycles. The van der Waals surface area contributed by atoms with Crippen LogP contribution in [0.3, 0.4) is 0 Å². The molecule has 0 atom stereocenters. The first-order chi connectivity index (χ1) is 8.78. The Hall–Kier alpha value is -2.00. The van der Waals surface area contributed by atoms with Gasteiger partial charge >= 0.3 is 0 Å². The summed E-state index contributed by atoms with van der Waals surface area (Å²) in [5.41, 5.74) is 2.74. The first-order valence-corrected chi connectivity index (χ1v) is 5.93. The van der Waals surface area contributed by atoms with Crippen molar-refractivity contribution in [2.45, 2.75) is 0 Å². The predicted octanol–water partition coefficient (Wildman–Crippen LogP) is 3.66. The quantitative estimate of drug-likeness (QED) is 0.701. The predicted molar refractivity (Wildman–Crippen MR) is 72.2 cm³/mol. The summed E-state index contributed by atoms with van der Waals surface area (Å²) in [5, 5.41) is 0.722. The number of hydrogen-bond donors (Lipinski definition) is 0. The lowest BCUT2D eigenvalue weighted by atomic mass is 10.2. The highest BCUT2D eigenvalue weighted by atomic mass is 35.5. The molecule has 0 saturated heterocycles. The number of imidazole rings is 1. The Morgan fingerprint density at radius 3 is 2.67 bits per heavy atom. The fourth-order valence-corrected chi connectivity index (χ4v) is 2.03. The summed E-state index contributed by atoms with van der Waals surface area (Å²) in [7, 11) is 1.64. The molecule has 18 heavy (non-hydrogen) atoms. The lowest BCUT2D eigenvalue weighted by molar-refractivity contribution is 0.417. The van der Waals surface area contributed by atoms with E-state index in [1.807, 2.05) is 53.2 Å². The van der Waals surface area contributed by atoms with E-state index < -0.39 is 0 Å². The highest BCUT2D eigenvalue weighted by Gasteiger charge is 2.07. The maximum atomic E-state index is 5.88. The van der Waals surface area contributed by atoms with E-state index in [4.69, 9.17) is 16.3 Å². The van der Waals surface area contributed by atoms with Crippen LogP contribution in [0.4, 0.5) is 0 Å². The first kappa shape index (κ1) is 11.1. The van der Waals surface area contributed by atoms with Crippen LogP contribution in [0.25, 0.3) is 16.9 Å². The number of hydrogen-bond acceptors (Lipinski definition) is 2. The Bertz CT molecular complexity index is 689. The smallest absolute Gasteiger partial charge is 0.180 e. The van der Waals surface area contributed by atoms with Gasteiger partial charge in [-0.2, -0.15) is 0 Å². The van der Waals surface area contributed by atoms with Gasteiger partial charge < -0.3 is 9.14 Å². The topological polar surface area (TPSA) is 26.5 Å². The third kappa shape index (κ3) is 1.83. The molecule has 0 amide bonds. The summed E-state index contributed by atoms with van der Waals surface area (Å²) in [6.45, 7) is 0. The Balaban J connectivity index is 2.16. The summed E-state index contributed by atoms with van der Waals surface area (Å²) in [5.74, 6) is 0.762. The number of benzene rings is 1. The number of aromatic nitrogens is 2. The lowest BCUT2D eigenvalue weighted by Crippen LogP contribution is -1.88. The minimum absolute atomic E-state index is 0.722. The number of halogens is 1. The molecular formula is C14H11ClN2O. The Kier molecular flexibility index (Phi) is 2.68. The molecule has 0 aliphatic carbocycles. The molecule has 3 rings (SSSR count). The first-order valence-electron chi connectivity index (χ1n) is 5.55. The normalized spacial score (nSPS) is 10.8. The molecule has 0 spiro atoms. The summed E-state index contributed by atoms with van der Waals surface area (Å²) in [4.78, 5) is 4.58. The largest absolute Gasteiger partial charge is 0.493 e. The molecule has 1 aromatic carbocycles. The van der Waals surface area contributed by atoms with Gasteiger partial charge in [-0.25, -0.2) is 4.98 Å². The molecular weight excluding hydrogens is 248 g/mol. The third-order valence-corrected chi connectivity index (χ3v) is 3.06. The van der Waals surface area contributed by atoms with Gasteiger partial charge in [-0.15, -0.1) is 0 Å². The molecule has 0 bridgehead atoms. The van der Waals surface area contributed by atoms with E-state index in [2.05, 4.69) is 4.98 Å². The zero-order valence-electron chi connectivity index (χ0n) is 9.80. The fraction of sp³-hybridized carbons (Fsp3) is 0.0714. The lowest BCUT2D eigenvalue weighted by Gasteiger charge is -1.99. The highest BCUT2D eigenvalue weighted by Crippen LogP contribution is 2.25. The molecule has 0 unspecified atom stereocenters. The molecule has 2 aromatic heterocycles. The van der Waals surface area contributed by atoms with E-state index in [1.165, 1.54) is 0 Å². The molecule has 0 saturated carbocycles. The molecule has 0 fully saturated rings. The van der Waals surface area contributed by atoms with Crippen molar-refractivity contribution in [2.24, 2.45) is 0 Å². The van der Waals surface area contributed by atoms with E-state index in [9.17, 15) is 0 Å². The zero-order chi connectivity index (χ0) is 12.5. The summed E-state index contributed by atoms with van der Waals surface area (Å²) in [6, 6.07) is 11.5. The van der Waals surface area contributed by atoms with Crippen LogP contribution >= 0.6 is 11.6 Å². The molecule has 4 heteroatoms. The number of nitrogens with zero attached hydrogens (tertiary/aromatic N) is 2. The zero-order valence-corrected chi connectivity index (χ0v) is 10.6. The standard InChI is InChI=1S/C14H11ClN2O/c1-18-13-3-2-8-17-9-12(16-14(13)17)10-4-6-11(15)7-5-10/h2-9H,1H3. The van der Waals surface area contributed by atoms with Crippen LogP contribution in [0.5, 0.6) is 5.75 Å². The van der Waals surface area contributed by atoms with Crippen LogP contribution < -0.4 is 4.74 Å². The minimum atomic E-state index is 0.722. The molecule has 0 N–H and O–H groups in total. The number of methoxy groups -OCH3 is 1. The van der Waals surface area contributed by atoms with Gasteiger partial charge in [-0.05, 0) is 24.3 Å². The van der Waals surface area contributed by atoms with Crippen molar-refractivity contribution in [1.82, 2.24) is 9.38 Å². The molecule has 3 aromatic rings. The van der Waals surface area contributed by atoms with Crippen LogP contribution in [0.1, 0.15) is 0 Å². The summed E-state index contributed by atoms with van der Waals surface area (Å²) < 4.78 is 7.24. The third-order valence-electron chi connectivity index (χ3n) is 2.81. The average Bonchev–Trinajstić information content (AvgIpc) is 2.83. The van der Waals surface area contributed by atoms with Crippen LogP contribution in [-0.2, 0) is 0 Å². The number of pyridine rings is 1. The van der Waals surface area contributed by atoms with E-state index in [-0.39, 0.29) is 0 Å².